The summed E-state index contributed by atoms with van der Waals surface area (Å²) in [6, 6.07) is 36.6. The van der Waals surface area contributed by atoms with Crippen LogP contribution in [0.3, 0.4) is 0 Å². The molecule has 0 radical (unpaired) electrons. The van der Waals surface area contributed by atoms with Gasteiger partial charge in [0.05, 0.1) is 28.4 Å². The van der Waals surface area contributed by atoms with Gasteiger partial charge < -0.3 is 18.9 Å². The number of carbonyl (C=O) groups excluding carboxylic acids is 3. The molecule has 10 rings (SSSR count). The number of amides is 2. The summed E-state index contributed by atoms with van der Waals surface area (Å²) in [5.74, 6) is -1.03. The maximum atomic E-state index is 16.1. The molecule has 0 unspecified atom stereocenters. The van der Waals surface area contributed by atoms with E-state index in [0.29, 0.717) is 67.1 Å². The van der Waals surface area contributed by atoms with Crippen molar-refractivity contribution in [1.29, 1.82) is 0 Å². The highest BCUT2D eigenvalue weighted by atomic mass is 35.5. The van der Waals surface area contributed by atoms with Crippen molar-refractivity contribution >= 4 is 46.0 Å². The van der Waals surface area contributed by atoms with E-state index < -0.39 is 34.5 Å². The molecule has 5 aromatic carbocycles. The van der Waals surface area contributed by atoms with E-state index in [4.69, 9.17) is 30.5 Å². The van der Waals surface area contributed by atoms with Gasteiger partial charge in [0, 0.05) is 5.02 Å². The van der Waals surface area contributed by atoms with E-state index in [1.54, 1.807) is 24.3 Å². The molecule has 0 N–H and O–H groups in total. The SMILES string of the molecule is O=C1[C@@H]2[C@@H](C(=O)N1c1ccc(Cl)cc1)[C@]1(c3ccccc3)C(=O)[C@@]2(c2ccccc2)C(c2ccc3c(c2)OCO3)=C1c1ccc2c(c1)OCO2. The van der Waals surface area contributed by atoms with Gasteiger partial charge in [0.2, 0.25) is 25.4 Å². The smallest absolute Gasteiger partial charge is 0.239 e. The fraction of sp³-hybridized carbons (Fsp3) is 0.146. The van der Waals surface area contributed by atoms with Crippen molar-refractivity contribution in [1.82, 2.24) is 0 Å². The summed E-state index contributed by atoms with van der Waals surface area (Å²) in [5.41, 5.74) is 1.13. The fourth-order valence-corrected chi connectivity index (χ4v) is 9.20. The Hall–Kier alpha value is -5.86. The Morgan fingerprint density at radius 1 is 0.540 bits per heavy atom. The molecule has 4 atom stereocenters. The molecule has 3 aliphatic heterocycles. The maximum Gasteiger partial charge on any atom is 0.239 e. The van der Waals surface area contributed by atoms with Gasteiger partial charge >= 0.3 is 0 Å². The van der Waals surface area contributed by atoms with E-state index in [-0.39, 0.29) is 19.4 Å². The number of nitrogens with zero attached hydrogens (tertiary/aromatic N) is 1. The van der Waals surface area contributed by atoms with Crippen LogP contribution in [0.15, 0.2) is 121 Å². The first kappa shape index (κ1) is 29.1. The highest BCUT2D eigenvalue weighted by Crippen LogP contribution is 2.74. The lowest BCUT2D eigenvalue weighted by molar-refractivity contribution is -0.130. The number of fused-ring (bicyclic) bond motifs is 7. The summed E-state index contributed by atoms with van der Waals surface area (Å²) in [4.78, 5) is 47.7. The summed E-state index contributed by atoms with van der Waals surface area (Å²) < 4.78 is 23.1. The first-order valence-corrected chi connectivity index (χ1v) is 16.7. The van der Waals surface area contributed by atoms with Crippen LogP contribution in [0.2, 0.25) is 5.02 Å². The molecule has 1 saturated carbocycles. The summed E-state index contributed by atoms with van der Waals surface area (Å²) in [6.45, 7) is 0.134. The maximum absolute atomic E-state index is 16.1. The lowest BCUT2D eigenvalue weighted by atomic mass is 9.59. The second-order valence-electron chi connectivity index (χ2n) is 13.0. The zero-order chi connectivity index (χ0) is 33.8. The van der Waals surface area contributed by atoms with Crippen LogP contribution in [-0.2, 0) is 25.2 Å². The Labute approximate surface area is 291 Å². The highest BCUT2D eigenvalue weighted by molar-refractivity contribution is 6.39. The standard InChI is InChI=1S/C41H26ClNO7/c42-27-13-15-28(16-14-27)43-37(44)35-36(38(43)45)41(26-9-5-2-6-10-26)34(24-12-18-30-32(20-24)50-22-48-30)33(23-11-17-29-31(19-23)49-21-47-29)40(35,39(41)46)25-7-3-1-4-8-25/h1-20,35-36H,21-22H2/t35-,36-,40-,41+/m0/s1. The number of hydrogen-bond donors (Lipinski definition) is 0. The van der Waals surface area contributed by atoms with Crippen LogP contribution >= 0.6 is 11.6 Å². The number of ether oxygens (including phenoxy) is 4. The molecule has 1 saturated heterocycles. The number of rotatable bonds is 5. The van der Waals surface area contributed by atoms with Gasteiger partial charge in [0.25, 0.3) is 0 Å². The summed E-state index contributed by atoms with van der Waals surface area (Å²) in [7, 11) is 0. The predicted octanol–water partition coefficient (Wildman–Crippen LogP) is 6.99. The molecule has 5 aromatic rings. The zero-order valence-corrected chi connectivity index (χ0v) is 27.1. The molecule has 9 heteroatoms. The van der Waals surface area contributed by atoms with Crippen molar-refractivity contribution in [3.8, 4) is 23.0 Å². The number of anilines is 1. The Morgan fingerprint density at radius 2 is 0.980 bits per heavy atom. The number of Topliss-reactive ketones (excluding diaryl/α,β-unsaturated/α-hetero) is 1. The molecule has 3 heterocycles. The van der Waals surface area contributed by atoms with Gasteiger partial charge in [-0.2, -0.15) is 0 Å². The summed E-state index contributed by atoms with van der Waals surface area (Å²) in [6.07, 6.45) is 0. The van der Waals surface area contributed by atoms with Crippen molar-refractivity contribution in [2.75, 3.05) is 18.5 Å². The van der Waals surface area contributed by atoms with Crippen molar-refractivity contribution < 1.29 is 33.3 Å². The van der Waals surface area contributed by atoms with E-state index in [2.05, 4.69) is 0 Å². The predicted molar refractivity (Wildman–Crippen MR) is 184 cm³/mol. The molecule has 5 aliphatic rings. The van der Waals surface area contributed by atoms with E-state index in [1.807, 2.05) is 97.1 Å². The minimum atomic E-state index is -1.57. The number of imide groups is 1. The number of benzene rings is 5. The highest BCUT2D eigenvalue weighted by Gasteiger charge is 2.82. The monoisotopic (exact) mass is 679 g/mol. The first-order valence-electron chi connectivity index (χ1n) is 16.3. The van der Waals surface area contributed by atoms with Crippen molar-refractivity contribution in [3.63, 3.8) is 0 Å². The average Bonchev–Trinajstić information content (AvgIpc) is 3.96. The van der Waals surface area contributed by atoms with Crippen LogP contribution in [0.4, 0.5) is 5.69 Å². The van der Waals surface area contributed by atoms with Crippen molar-refractivity contribution in [3.05, 3.63) is 149 Å². The molecule has 0 spiro atoms. The molecular weight excluding hydrogens is 654 g/mol. The third-order valence-corrected chi connectivity index (χ3v) is 11.1. The second-order valence-corrected chi connectivity index (χ2v) is 13.4. The van der Waals surface area contributed by atoms with Gasteiger partial charge in [-0.05, 0) is 81.9 Å². The average molecular weight is 680 g/mol. The number of hydrogen-bond acceptors (Lipinski definition) is 7. The summed E-state index contributed by atoms with van der Waals surface area (Å²) >= 11 is 6.24. The topological polar surface area (TPSA) is 91.4 Å². The number of carbonyl (C=O) groups is 3. The number of halogens is 1. The van der Waals surface area contributed by atoms with Gasteiger partial charge in [0.15, 0.2) is 28.8 Å². The Balaban J connectivity index is 1.37. The second kappa shape index (κ2) is 10.3. The minimum absolute atomic E-state index is 0.0668. The van der Waals surface area contributed by atoms with Crippen molar-refractivity contribution in [2.24, 2.45) is 11.8 Å². The molecule has 2 fully saturated rings. The molecular formula is C41H26ClNO7. The van der Waals surface area contributed by atoms with E-state index >= 15 is 14.4 Å². The quantitative estimate of drug-likeness (QED) is 0.185. The van der Waals surface area contributed by atoms with Crippen molar-refractivity contribution in [2.45, 2.75) is 10.8 Å². The van der Waals surface area contributed by atoms with Crippen LogP contribution in [0.25, 0.3) is 11.1 Å². The number of ketones is 1. The third-order valence-electron chi connectivity index (χ3n) is 10.9. The van der Waals surface area contributed by atoms with Crippen LogP contribution in [0.1, 0.15) is 22.3 Å². The van der Waals surface area contributed by atoms with Crippen LogP contribution in [0, 0.1) is 11.8 Å². The van der Waals surface area contributed by atoms with Crippen LogP contribution < -0.4 is 23.8 Å². The van der Waals surface area contributed by atoms with Crippen LogP contribution in [0.5, 0.6) is 23.0 Å². The Morgan fingerprint density at radius 3 is 1.44 bits per heavy atom. The molecule has 2 amide bonds. The molecule has 2 aliphatic carbocycles. The van der Waals surface area contributed by atoms with Gasteiger partial charge in [-0.15, -0.1) is 0 Å². The molecule has 244 valence electrons. The largest absolute Gasteiger partial charge is 0.454 e. The van der Waals surface area contributed by atoms with Crippen LogP contribution in [-0.4, -0.2) is 31.2 Å². The van der Waals surface area contributed by atoms with E-state index in [9.17, 15) is 0 Å². The minimum Gasteiger partial charge on any atom is -0.454 e. The van der Waals surface area contributed by atoms with E-state index in [0.717, 1.165) is 0 Å². The van der Waals surface area contributed by atoms with Gasteiger partial charge in [-0.1, -0.05) is 84.4 Å². The third kappa shape index (κ3) is 3.53. The van der Waals surface area contributed by atoms with E-state index in [1.165, 1.54) is 4.90 Å². The number of allylic oxidation sites excluding steroid dienone is 2. The Kier molecular flexibility index (Phi) is 6.01. The molecule has 50 heavy (non-hydrogen) atoms. The fourth-order valence-electron chi connectivity index (χ4n) is 9.07. The Bertz CT molecular complexity index is 2180. The van der Waals surface area contributed by atoms with Gasteiger partial charge in [0.1, 0.15) is 0 Å². The molecule has 0 aromatic heterocycles. The lowest BCUT2D eigenvalue weighted by Crippen LogP contribution is -2.45. The zero-order valence-electron chi connectivity index (χ0n) is 26.3. The van der Waals surface area contributed by atoms with Gasteiger partial charge in [-0.3, -0.25) is 14.4 Å². The first-order chi connectivity index (χ1) is 24.5. The lowest BCUT2D eigenvalue weighted by Gasteiger charge is -2.39. The molecule has 8 nitrogen and oxygen atoms in total. The normalized spacial score (nSPS) is 25.5. The summed E-state index contributed by atoms with van der Waals surface area (Å²) in [5, 5.41) is 0.474. The molecule has 2 bridgehead atoms. The van der Waals surface area contributed by atoms with Gasteiger partial charge in [-0.25, -0.2) is 4.90 Å².